The van der Waals surface area contributed by atoms with E-state index in [9.17, 15) is 4.79 Å². The van der Waals surface area contributed by atoms with Gasteiger partial charge in [0.15, 0.2) is 0 Å². The van der Waals surface area contributed by atoms with Crippen molar-refractivity contribution in [3.05, 3.63) is 23.8 Å². The van der Waals surface area contributed by atoms with Gasteiger partial charge >= 0.3 is 0 Å². The number of anilines is 1. The molecule has 98 valence electrons. The van der Waals surface area contributed by atoms with E-state index < -0.39 is 0 Å². The number of nitrogens with one attached hydrogen (secondary N) is 1. The molecule has 0 spiro atoms. The lowest BCUT2D eigenvalue weighted by Gasteiger charge is -2.15. The van der Waals surface area contributed by atoms with E-state index in [4.69, 9.17) is 10.00 Å². The van der Waals surface area contributed by atoms with Crippen molar-refractivity contribution in [2.24, 2.45) is 17.8 Å². The lowest BCUT2D eigenvalue weighted by atomic mass is 10.0. The fourth-order valence-electron chi connectivity index (χ4n) is 3.08. The maximum absolute atomic E-state index is 12.2. The van der Waals surface area contributed by atoms with E-state index in [1.165, 1.54) is 13.5 Å². The van der Waals surface area contributed by atoms with Crippen molar-refractivity contribution in [1.82, 2.24) is 0 Å². The summed E-state index contributed by atoms with van der Waals surface area (Å²) in [6.07, 6.45) is 3.28. The number of carbonyl (C=O) groups is 1. The monoisotopic (exact) mass is 256 g/mol. The normalized spacial score (nSPS) is 27.3. The van der Waals surface area contributed by atoms with E-state index in [0.717, 1.165) is 24.7 Å². The Kier molecular flexibility index (Phi) is 2.90. The number of nitrogens with zero attached hydrogens (tertiary/aromatic N) is 1. The predicted molar refractivity (Wildman–Crippen MR) is 70.7 cm³/mol. The Morgan fingerprint density at radius 1 is 1.37 bits per heavy atom. The Hall–Kier alpha value is -2.02. The number of carbonyl (C=O) groups excluding carboxylic acids is 1. The van der Waals surface area contributed by atoms with E-state index in [-0.39, 0.29) is 11.8 Å². The summed E-state index contributed by atoms with van der Waals surface area (Å²) in [5.74, 6) is 2.19. The molecule has 0 saturated heterocycles. The van der Waals surface area contributed by atoms with Crippen LogP contribution < -0.4 is 10.1 Å². The SMILES string of the molecule is COc1cccc(C#N)c1NC(=O)C1CC2CC2C1. The minimum absolute atomic E-state index is 0.0215. The summed E-state index contributed by atoms with van der Waals surface area (Å²) in [4.78, 5) is 12.2. The van der Waals surface area contributed by atoms with E-state index in [0.29, 0.717) is 17.0 Å². The third-order valence-electron chi connectivity index (χ3n) is 4.23. The van der Waals surface area contributed by atoms with Crippen molar-refractivity contribution in [1.29, 1.82) is 5.26 Å². The second-order valence-corrected chi connectivity index (χ2v) is 5.41. The van der Waals surface area contributed by atoms with Gasteiger partial charge in [-0.15, -0.1) is 0 Å². The zero-order chi connectivity index (χ0) is 13.4. The second-order valence-electron chi connectivity index (χ2n) is 5.41. The number of nitriles is 1. The highest BCUT2D eigenvalue weighted by Gasteiger charge is 2.48. The first-order valence-corrected chi connectivity index (χ1v) is 6.61. The summed E-state index contributed by atoms with van der Waals surface area (Å²) >= 11 is 0. The van der Waals surface area contributed by atoms with E-state index in [1.54, 1.807) is 18.2 Å². The van der Waals surface area contributed by atoms with Crippen LogP contribution in [0.3, 0.4) is 0 Å². The van der Waals surface area contributed by atoms with Gasteiger partial charge in [-0.1, -0.05) is 6.07 Å². The molecule has 1 amide bonds. The fraction of sp³-hybridized carbons (Fsp3) is 0.467. The van der Waals surface area contributed by atoms with Crippen molar-refractivity contribution in [3.8, 4) is 11.8 Å². The van der Waals surface area contributed by atoms with Crippen LogP contribution >= 0.6 is 0 Å². The van der Waals surface area contributed by atoms with Gasteiger partial charge in [0.25, 0.3) is 0 Å². The Labute approximate surface area is 112 Å². The highest BCUT2D eigenvalue weighted by Crippen LogP contribution is 2.54. The molecule has 0 aliphatic heterocycles. The molecule has 2 fully saturated rings. The standard InChI is InChI=1S/C15H16N2O2/c1-19-13-4-2-3-9(8-16)14(13)17-15(18)12-6-10-5-11(10)7-12/h2-4,10-12H,5-7H2,1H3,(H,17,18). The number of benzene rings is 1. The van der Waals surface area contributed by atoms with Crippen molar-refractivity contribution < 1.29 is 9.53 Å². The molecule has 1 aromatic rings. The van der Waals surface area contributed by atoms with Gasteiger partial charge in [0, 0.05) is 5.92 Å². The molecule has 1 N–H and O–H groups in total. The summed E-state index contributed by atoms with van der Waals surface area (Å²) in [6, 6.07) is 7.27. The molecule has 2 aliphatic carbocycles. The molecule has 2 saturated carbocycles. The number of amides is 1. The van der Waals surface area contributed by atoms with Gasteiger partial charge < -0.3 is 10.1 Å². The zero-order valence-electron chi connectivity index (χ0n) is 10.8. The molecule has 2 atom stereocenters. The number of hydrogen-bond donors (Lipinski definition) is 1. The Bertz CT molecular complexity index is 552. The zero-order valence-corrected chi connectivity index (χ0v) is 10.8. The molecule has 0 aromatic heterocycles. The number of ether oxygens (including phenoxy) is 1. The average Bonchev–Trinajstić information content (AvgIpc) is 3.05. The van der Waals surface area contributed by atoms with Crippen LogP contribution in [0.25, 0.3) is 0 Å². The number of fused-ring (bicyclic) bond motifs is 1. The first kappa shape index (κ1) is 12.0. The largest absolute Gasteiger partial charge is 0.495 e. The van der Waals surface area contributed by atoms with Gasteiger partial charge in [-0.2, -0.15) is 5.26 Å². The minimum Gasteiger partial charge on any atom is -0.495 e. The van der Waals surface area contributed by atoms with Gasteiger partial charge in [-0.25, -0.2) is 0 Å². The number of hydrogen-bond acceptors (Lipinski definition) is 3. The molecule has 4 nitrogen and oxygen atoms in total. The van der Waals surface area contributed by atoms with Gasteiger partial charge in [0.1, 0.15) is 17.5 Å². The van der Waals surface area contributed by atoms with Crippen LogP contribution in [0.15, 0.2) is 18.2 Å². The highest BCUT2D eigenvalue weighted by atomic mass is 16.5. The minimum atomic E-state index is 0.0215. The van der Waals surface area contributed by atoms with Crippen molar-refractivity contribution >= 4 is 11.6 Å². The Morgan fingerprint density at radius 2 is 2.11 bits per heavy atom. The maximum Gasteiger partial charge on any atom is 0.227 e. The first-order chi connectivity index (χ1) is 9.22. The fourth-order valence-corrected chi connectivity index (χ4v) is 3.08. The van der Waals surface area contributed by atoms with Crippen LogP contribution in [-0.2, 0) is 4.79 Å². The third-order valence-corrected chi connectivity index (χ3v) is 4.23. The lowest BCUT2D eigenvalue weighted by molar-refractivity contribution is -0.120. The summed E-state index contributed by atoms with van der Waals surface area (Å²) in [5, 5.41) is 12.0. The summed E-state index contributed by atoms with van der Waals surface area (Å²) in [5.41, 5.74) is 0.939. The number of rotatable bonds is 3. The van der Waals surface area contributed by atoms with E-state index in [1.807, 2.05) is 0 Å². The second kappa shape index (κ2) is 4.58. The van der Waals surface area contributed by atoms with Crippen molar-refractivity contribution in [2.45, 2.75) is 19.3 Å². The smallest absolute Gasteiger partial charge is 0.227 e. The van der Waals surface area contributed by atoms with Crippen LogP contribution in [0.5, 0.6) is 5.75 Å². The predicted octanol–water partition coefficient (Wildman–Crippen LogP) is 2.55. The lowest BCUT2D eigenvalue weighted by Crippen LogP contribution is -2.22. The molecule has 4 heteroatoms. The highest BCUT2D eigenvalue weighted by molar-refractivity contribution is 5.95. The molecular formula is C15H16N2O2. The molecular weight excluding hydrogens is 240 g/mol. The molecule has 2 unspecified atom stereocenters. The molecule has 0 radical (unpaired) electrons. The number of methoxy groups -OCH3 is 1. The van der Waals surface area contributed by atoms with Crippen LogP contribution in [-0.4, -0.2) is 13.0 Å². The topological polar surface area (TPSA) is 62.1 Å². The Morgan fingerprint density at radius 3 is 2.74 bits per heavy atom. The van der Waals surface area contributed by atoms with Crippen LogP contribution in [0.1, 0.15) is 24.8 Å². The van der Waals surface area contributed by atoms with Crippen molar-refractivity contribution in [2.75, 3.05) is 12.4 Å². The van der Waals surface area contributed by atoms with Gasteiger partial charge in [0.2, 0.25) is 5.91 Å². The molecule has 3 rings (SSSR count). The van der Waals surface area contributed by atoms with Crippen LogP contribution in [0.4, 0.5) is 5.69 Å². The van der Waals surface area contributed by atoms with Crippen LogP contribution in [0.2, 0.25) is 0 Å². The van der Waals surface area contributed by atoms with E-state index >= 15 is 0 Å². The quantitative estimate of drug-likeness (QED) is 0.904. The van der Waals surface area contributed by atoms with Gasteiger partial charge in [-0.05, 0) is 43.2 Å². The maximum atomic E-state index is 12.2. The van der Waals surface area contributed by atoms with Gasteiger partial charge in [0.05, 0.1) is 12.7 Å². The molecule has 2 aliphatic rings. The van der Waals surface area contributed by atoms with Crippen molar-refractivity contribution in [3.63, 3.8) is 0 Å². The number of para-hydroxylation sites is 1. The molecule has 1 aromatic carbocycles. The summed E-state index contributed by atoms with van der Waals surface area (Å²) in [7, 11) is 1.54. The molecule has 0 heterocycles. The molecule has 0 bridgehead atoms. The summed E-state index contributed by atoms with van der Waals surface area (Å²) in [6.45, 7) is 0. The third kappa shape index (κ3) is 2.17. The average molecular weight is 256 g/mol. The first-order valence-electron chi connectivity index (χ1n) is 6.61. The molecule has 19 heavy (non-hydrogen) atoms. The van der Waals surface area contributed by atoms with Gasteiger partial charge in [-0.3, -0.25) is 4.79 Å². The van der Waals surface area contributed by atoms with E-state index in [2.05, 4.69) is 11.4 Å². The summed E-state index contributed by atoms with van der Waals surface area (Å²) < 4.78 is 5.22. The van der Waals surface area contributed by atoms with Crippen LogP contribution in [0, 0.1) is 29.1 Å². The Balaban J connectivity index is 1.78.